The topological polar surface area (TPSA) is 103 Å². The van der Waals surface area contributed by atoms with Gasteiger partial charge in [-0.1, -0.05) is 13.8 Å². The maximum Gasteiger partial charge on any atom is 0.0888 e. The van der Waals surface area contributed by atoms with Crippen LogP contribution in [0.15, 0.2) is 0 Å². The normalized spacial score (nSPS) is 26.3. The summed E-state index contributed by atoms with van der Waals surface area (Å²) in [7, 11) is 12.0. The summed E-state index contributed by atoms with van der Waals surface area (Å²) in [5.74, 6) is 1.22. The van der Waals surface area contributed by atoms with Gasteiger partial charge < -0.3 is 29.6 Å². The maximum absolute atomic E-state index is 5.79. The molecule has 0 spiro atoms. The maximum atomic E-state index is 5.79. The molecule has 0 bridgehead atoms. The highest BCUT2D eigenvalue weighted by Gasteiger charge is 2.37. The third-order valence-corrected chi connectivity index (χ3v) is 12.2. The van der Waals surface area contributed by atoms with E-state index in [2.05, 4.69) is 57.7 Å². The summed E-state index contributed by atoms with van der Waals surface area (Å²) in [6, 6.07) is 0. The molecular weight excluding hydrogens is 656 g/mol. The fourth-order valence-corrected chi connectivity index (χ4v) is 9.09. The van der Waals surface area contributed by atoms with E-state index >= 15 is 0 Å². The number of hydrogen-bond donors (Lipinski definition) is 2. The lowest BCUT2D eigenvalue weighted by molar-refractivity contribution is 0.0566. The number of nitrogens with one attached hydrogen (secondary N) is 2. The number of aromatic nitrogens is 4. The van der Waals surface area contributed by atoms with Crippen molar-refractivity contribution in [2.75, 3.05) is 95.0 Å². The summed E-state index contributed by atoms with van der Waals surface area (Å²) in [4.78, 5) is 4.74. The average Bonchev–Trinajstić information content (AvgIpc) is 3.68. The van der Waals surface area contributed by atoms with E-state index in [0.29, 0.717) is 35.9 Å². The summed E-state index contributed by atoms with van der Waals surface area (Å²) in [5.41, 5.74) is 8.83. The van der Waals surface area contributed by atoms with Crippen LogP contribution >= 0.6 is 0 Å². The van der Waals surface area contributed by atoms with Crippen LogP contribution in [0.2, 0.25) is 0 Å². The molecule has 2 fully saturated rings. The fourth-order valence-electron chi connectivity index (χ4n) is 9.09. The molecule has 4 heterocycles. The number of likely N-dealkylation sites (N-methyl/N-ethyl adjacent to an activating group) is 4. The minimum atomic E-state index is 0.332. The third kappa shape index (κ3) is 10.6. The van der Waals surface area contributed by atoms with Gasteiger partial charge in [-0.15, -0.1) is 0 Å². The molecule has 0 saturated heterocycles. The quantitative estimate of drug-likeness (QED) is 0.252. The van der Waals surface area contributed by atoms with Crippen molar-refractivity contribution in [2.45, 2.75) is 116 Å². The van der Waals surface area contributed by atoms with Gasteiger partial charge in [0.15, 0.2) is 0 Å². The van der Waals surface area contributed by atoms with Crippen LogP contribution in [-0.4, -0.2) is 124 Å². The van der Waals surface area contributed by atoms with Crippen LogP contribution in [0.25, 0.3) is 0 Å². The van der Waals surface area contributed by atoms with E-state index in [1.807, 2.05) is 28.3 Å². The predicted molar refractivity (Wildman–Crippen MR) is 207 cm³/mol. The van der Waals surface area contributed by atoms with Crippen LogP contribution < -0.4 is 10.6 Å². The number of ether oxygens (including phenoxy) is 4. The Labute approximate surface area is 314 Å². The molecule has 4 aliphatic rings. The Bertz CT molecular complexity index is 1260. The zero-order chi connectivity index (χ0) is 37.1. The first-order valence-electron chi connectivity index (χ1n) is 20.1. The lowest BCUT2D eigenvalue weighted by Crippen LogP contribution is -2.30. The first kappa shape index (κ1) is 41.3. The number of fused-ring (bicyclic) bond motifs is 2. The van der Waals surface area contributed by atoms with E-state index in [-0.39, 0.29) is 0 Å². The number of methoxy groups -OCH3 is 2. The molecule has 0 atom stereocenters. The van der Waals surface area contributed by atoms with Crippen LogP contribution in [0.3, 0.4) is 0 Å². The average molecular weight is 729 g/mol. The van der Waals surface area contributed by atoms with Gasteiger partial charge in [-0.25, -0.2) is 0 Å². The molecule has 0 radical (unpaired) electrons. The summed E-state index contributed by atoms with van der Waals surface area (Å²) < 4.78 is 26.9. The second kappa shape index (κ2) is 19.6. The number of rotatable bonds is 16. The monoisotopic (exact) mass is 729 g/mol. The van der Waals surface area contributed by atoms with Crippen LogP contribution in [0.1, 0.15) is 111 Å². The summed E-state index contributed by atoms with van der Waals surface area (Å²) >= 11 is 0. The molecule has 12 heteroatoms. The lowest BCUT2D eigenvalue weighted by Gasteiger charge is -2.37. The molecule has 2 aromatic heterocycles. The van der Waals surface area contributed by atoms with Crippen LogP contribution in [0.5, 0.6) is 0 Å². The van der Waals surface area contributed by atoms with Gasteiger partial charge in [0.05, 0.1) is 75.5 Å². The van der Waals surface area contributed by atoms with E-state index in [1.54, 1.807) is 0 Å². The van der Waals surface area contributed by atoms with E-state index in [1.165, 1.54) is 85.3 Å². The first-order chi connectivity index (χ1) is 25.1. The van der Waals surface area contributed by atoms with Crippen molar-refractivity contribution in [3.8, 4) is 0 Å². The van der Waals surface area contributed by atoms with Gasteiger partial charge in [-0.3, -0.25) is 19.2 Å². The SMILES string of the molecule is CNCCN(C)Cc1nn2c(c1C1CCC(C)(COC)CC1)COCC2.CNCCN(C)Cc1nn2c(c1C1CCC(C)(COC)CC1)COCC2. The molecule has 296 valence electrons. The van der Waals surface area contributed by atoms with Crippen molar-refractivity contribution < 1.29 is 18.9 Å². The van der Waals surface area contributed by atoms with Crippen LogP contribution in [-0.2, 0) is 58.3 Å². The van der Waals surface area contributed by atoms with Gasteiger partial charge in [0.1, 0.15) is 0 Å². The molecule has 2 aliphatic heterocycles. The van der Waals surface area contributed by atoms with Crippen LogP contribution in [0, 0.1) is 10.8 Å². The molecule has 2 aromatic rings. The molecule has 6 rings (SSSR count). The Morgan fingerprint density at radius 1 is 0.692 bits per heavy atom. The van der Waals surface area contributed by atoms with Crippen molar-refractivity contribution in [2.24, 2.45) is 10.8 Å². The summed E-state index contributed by atoms with van der Waals surface area (Å²) in [5, 5.41) is 16.5. The zero-order valence-electron chi connectivity index (χ0n) is 34.0. The van der Waals surface area contributed by atoms with E-state index in [4.69, 9.17) is 29.1 Å². The minimum Gasteiger partial charge on any atom is -0.384 e. The second-order valence-corrected chi connectivity index (χ2v) is 16.9. The largest absolute Gasteiger partial charge is 0.384 e. The minimum absolute atomic E-state index is 0.332. The van der Waals surface area contributed by atoms with Gasteiger partial charge in [0.2, 0.25) is 0 Å². The van der Waals surface area contributed by atoms with Crippen molar-refractivity contribution in [3.63, 3.8) is 0 Å². The van der Waals surface area contributed by atoms with Crippen molar-refractivity contribution >= 4 is 0 Å². The predicted octanol–water partition coefficient (Wildman–Crippen LogP) is 4.75. The zero-order valence-corrected chi connectivity index (χ0v) is 34.0. The van der Waals surface area contributed by atoms with Gasteiger partial charge in [-0.2, -0.15) is 10.2 Å². The fraction of sp³-hybridized carbons (Fsp3) is 0.850. The highest BCUT2D eigenvalue weighted by molar-refractivity contribution is 5.33. The molecule has 0 amide bonds. The van der Waals surface area contributed by atoms with Crippen LogP contribution in [0.4, 0.5) is 0 Å². The molecule has 2 saturated carbocycles. The Kier molecular flexibility index (Phi) is 15.6. The van der Waals surface area contributed by atoms with Crippen molar-refractivity contribution in [1.29, 1.82) is 0 Å². The van der Waals surface area contributed by atoms with E-state index in [0.717, 1.165) is 78.8 Å². The first-order valence-corrected chi connectivity index (χ1v) is 20.1. The highest BCUT2D eigenvalue weighted by atomic mass is 16.5. The Morgan fingerprint density at radius 2 is 1.08 bits per heavy atom. The Balaban J connectivity index is 0.000000201. The van der Waals surface area contributed by atoms with Crippen molar-refractivity contribution in [3.05, 3.63) is 33.9 Å². The summed E-state index contributed by atoms with van der Waals surface area (Å²) in [6.07, 6.45) is 9.82. The van der Waals surface area contributed by atoms with Gasteiger partial charge >= 0.3 is 0 Å². The van der Waals surface area contributed by atoms with E-state index < -0.39 is 0 Å². The van der Waals surface area contributed by atoms with E-state index in [9.17, 15) is 0 Å². The summed E-state index contributed by atoms with van der Waals surface area (Å²) in [6.45, 7) is 17.1. The Hall–Kier alpha value is -1.90. The molecule has 52 heavy (non-hydrogen) atoms. The molecule has 0 unspecified atom stereocenters. The third-order valence-electron chi connectivity index (χ3n) is 12.2. The molecular formula is C40H72N8O4. The molecule has 2 N–H and O–H groups in total. The number of hydrogen-bond acceptors (Lipinski definition) is 10. The second-order valence-electron chi connectivity index (χ2n) is 16.9. The number of nitrogens with zero attached hydrogens (tertiary/aromatic N) is 6. The van der Waals surface area contributed by atoms with Gasteiger partial charge in [0, 0.05) is 64.6 Å². The van der Waals surface area contributed by atoms with Gasteiger partial charge in [0.25, 0.3) is 0 Å². The van der Waals surface area contributed by atoms with Gasteiger partial charge in [-0.05, 0) is 102 Å². The Morgan fingerprint density at radius 3 is 1.42 bits per heavy atom. The lowest BCUT2D eigenvalue weighted by atomic mass is 9.70. The molecule has 2 aliphatic carbocycles. The molecule has 0 aromatic carbocycles. The molecule has 12 nitrogen and oxygen atoms in total. The standard InChI is InChI=1S/2C20H36N4O2/c2*1-20(15-25-4)7-5-16(6-8-20)19-17(13-23(3)10-9-21-2)22-24-11-12-26-14-18(19)24/h2*16,21H,5-15H2,1-4H3. The van der Waals surface area contributed by atoms with Crippen molar-refractivity contribution in [1.82, 2.24) is 40.0 Å². The highest BCUT2D eigenvalue weighted by Crippen LogP contribution is 2.46. The smallest absolute Gasteiger partial charge is 0.0888 e.